The molecule has 1 rings (SSSR count). The maximum absolute atomic E-state index is 9.41. The molecule has 0 N–H and O–H groups in total. The molecular weight excluding hydrogens is 144 g/mol. The summed E-state index contributed by atoms with van der Waals surface area (Å²) in [4.78, 5) is 9.41. The number of carbonyl (C=O) groups excluding carboxylic acids is 1. The van der Waals surface area contributed by atoms with E-state index < -0.39 is 0 Å². The molecule has 2 heteroatoms. The highest BCUT2D eigenvalue weighted by Crippen LogP contribution is 1.91. The minimum Gasteiger partial charge on any atom is -0.298 e. The average molecular weight is 154 g/mol. The van der Waals surface area contributed by atoms with E-state index >= 15 is 0 Å². The van der Waals surface area contributed by atoms with Crippen molar-refractivity contribution in [3.05, 3.63) is 35.0 Å². The van der Waals surface area contributed by atoms with E-state index in [0.29, 0.717) is 5.57 Å². The van der Waals surface area contributed by atoms with E-state index in [0.717, 1.165) is 6.29 Å². The van der Waals surface area contributed by atoms with E-state index in [-0.39, 0.29) is 0 Å². The minimum absolute atomic E-state index is 0.574. The smallest absolute Gasteiger partial charge is 0.145 e. The summed E-state index contributed by atoms with van der Waals surface area (Å²) in [6.07, 6.45) is 0.722. The van der Waals surface area contributed by atoms with Gasteiger partial charge in [0, 0.05) is 0 Å². The minimum atomic E-state index is 0.574. The zero-order chi connectivity index (χ0) is 7.82. The largest absolute Gasteiger partial charge is 0.298 e. The summed E-state index contributed by atoms with van der Waals surface area (Å²) in [5.41, 5.74) is 0.574. The van der Waals surface area contributed by atoms with E-state index in [2.05, 4.69) is 6.58 Å². The molecule has 0 fully saturated rings. The fraction of sp³-hybridized carbons (Fsp3) is 0.125. The lowest BCUT2D eigenvalue weighted by Crippen LogP contribution is -1.65. The fourth-order valence-electron chi connectivity index (χ4n) is 0.227. The highest BCUT2D eigenvalue weighted by Gasteiger charge is 1.66. The van der Waals surface area contributed by atoms with Gasteiger partial charge in [-0.15, -0.1) is 0 Å². The Bertz CT molecular complexity index is 160. The van der Waals surface area contributed by atoms with Gasteiger partial charge in [0.15, 0.2) is 0 Å². The van der Waals surface area contributed by atoms with Crippen LogP contribution in [-0.4, -0.2) is 6.29 Å². The predicted molar refractivity (Wildman–Crippen MR) is 45.2 cm³/mol. The molecule has 1 aromatic heterocycles. The summed E-state index contributed by atoms with van der Waals surface area (Å²) < 4.78 is 0. The summed E-state index contributed by atoms with van der Waals surface area (Å²) in [6.45, 7) is 4.97. The standard InChI is InChI=1S/C4H6O.C4H4S/c1-4(2)3-5;1-2-4-5-3-1/h3H,1H2,2H3;1-4H. The molecule has 0 aliphatic heterocycles. The van der Waals surface area contributed by atoms with Crippen LogP contribution < -0.4 is 0 Å². The average Bonchev–Trinajstić information content (AvgIpc) is 2.43. The molecule has 0 atom stereocenters. The second kappa shape index (κ2) is 6.23. The SMILES string of the molecule is C=C(C)C=O.c1ccsc1. The lowest BCUT2D eigenvalue weighted by molar-refractivity contribution is -0.104. The zero-order valence-corrected chi connectivity index (χ0v) is 6.73. The molecule has 0 aliphatic carbocycles. The Morgan fingerprint density at radius 3 is 2.00 bits per heavy atom. The Kier molecular flexibility index (Phi) is 5.68. The fourth-order valence-corrected chi connectivity index (χ4v) is 0.680. The van der Waals surface area contributed by atoms with Crippen LogP contribution in [0.1, 0.15) is 6.92 Å². The van der Waals surface area contributed by atoms with Gasteiger partial charge in [0.2, 0.25) is 0 Å². The van der Waals surface area contributed by atoms with Crippen LogP contribution in [0.3, 0.4) is 0 Å². The molecule has 0 aromatic carbocycles. The van der Waals surface area contributed by atoms with Crippen molar-refractivity contribution in [2.24, 2.45) is 0 Å². The highest BCUT2D eigenvalue weighted by atomic mass is 32.1. The molecule has 0 unspecified atom stereocenters. The molecule has 0 aliphatic rings. The van der Waals surface area contributed by atoms with Crippen molar-refractivity contribution in [1.82, 2.24) is 0 Å². The third-order valence-electron chi connectivity index (χ3n) is 0.627. The van der Waals surface area contributed by atoms with E-state index in [9.17, 15) is 4.79 Å². The van der Waals surface area contributed by atoms with Crippen LogP contribution in [-0.2, 0) is 4.79 Å². The van der Waals surface area contributed by atoms with Gasteiger partial charge in [0.05, 0.1) is 0 Å². The van der Waals surface area contributed by atoms with Gasteiger partial charge in [0.1, 0.15) is 6.29 Å². The number of carbonyl (C=O) groups is 1. The molecule has 0 spiro atoms. The van der Waals surface area contributed by atoms with E-state index in [4.69, 9.17) is 0 Å². The number of allylic oxidation sites excluding steroid dienone is 1. The molecule has 1 aromatic rings. The summed E-state index contributed by atoms with van der Waals surface area (Å²) in [5.74, 6) is 0. The Labute approximate surface area is 65.0 Å². The first-order chi connectivity index (χ1) is 4.77. The van der Waals surface area contributed by atoms with Gasteiger partial charge in [-0.1, -0.05) is 18.7 Å². The summed E-state index contributed by atoms with van der Waals surface area (Å²) in [5, 5.41) is 4.08. The van der Waals surface area contributed by atoms with Gasteiger partial charge in [-0.2, -0.15) is 11.3 Å². The number of aldehydes is 1. The third-order valence-corrected chi connectivity index (χ3v) is 1.26. The van der Waals surface area contributed by atoms with Crippen molar-refractivity contribution in [1.29, 1.82) is 0 Å². The Morgan fingerprint density at radius 2 is 1.90 bits per heavy atom. The lowest BCUT2D eigenvalue weighted by Gasteiger charge is -1.65. The summed E-state index contributed by atoms with van der Waals surface area (Å²) >= 11 is 1.71. The van der Waals surface area contributed by atoms with E-state index in [1.807, 2.05) is 22.9 Å². The molecule has 54 valence electrons. The van der Waals surface area contributed by atoms with Crippen LogP contribution in [0.2, 0.25) is 0 Å². The van der Waals surface area contributed by atoms with Crippen LogP contribution in [0.15, 0.2) is 35.0 Å². The molecule has 10 heavy (non-hydrogen) atoms. The van der Waals surface area contributed by atoms with Crippen LogP contribution in [0.4, 0.5) is 0 Å². The first-order valence-electron chi connectivity index (χ1n) is 2.85. The molecule has 0 saturated carbocycles. The van der Waals surface area contributed by atoms with Gasteiger partial charge >= 0.3 is 0 Å². The van der Waals surface area contributed by atoms with Crippen molar-refractivity contribution in [3.63, 3.8) is 0 Å². The van der Waals surface area contributed by atoms with Crippen molar-refractivity contribution < 1.29 is 4.79 Å². The monoisotopic (exact) mass is 154 g/mol. The van der Waals surface area contributed by atoms with Crippen LogP contribution in [0, 0.1) is 0 Å². The Balaban J connectivity index is 0.000000162. The number of hydrogen-bond acceptors (Lipinski definition) is 2. The number of thiophene rings is 1. The Morgan fingerprint density at radius 1 is 1.50 bits per heavy atom. The molecule has 1 nitrogen and oxygen atoms in total. The summed E-state index contributed by atoms with van der Waals surface area (Å²) in [7, 11) is 0. The van der Waals surface area contributed by atoms with Crippen molar-refractivity contribution in [3.8, 4) is 0 Å². The van der Waals surface area contributed by atoms with Crippen LogP contribution >= 0.6 is 11.3 Å². The predicted octanol–water partition coefficient (Wildman–Crippen LogP) is 2.51. The quantitative estimate of drug-likeness (QED) is 0.448. The number of rotatable bonds is 1. The van der Waals surface area contributed by atoms with Gasteiger partial charge < -0.3 is 0 Å². The molecule has 0 radical (unpaired) electrons. The van der Waals surface area contributed by atoms with Gasteiger partial charge in [-0.25, -0.2) is 0 Å². The summed E-state index contributed by atoms with van der Waals surface area (Å²) in [6, 6.07) is 4.04. The highest BCUT2D eigenvalue weighted by molar-refractivity contribution is 7.07. The lowest BCUT2D eigenvalue weighted by atomic mass is 10.4. The van der Waals surface area contributed by atoms with Gasteiger partial charge in [-0.3, -0.25) is 4.79 Å². The second-order valence-electron chi connectivity index (χ2n) is 1.76. The van der Waals surface area contributed by atoms with E-state index in [1.54, 1.807) is 18.3 Å². The van der Waals surface area contributed by atoms with Crippen LogP contribution in [0.5, 0.6) is 0 Å². The first-order valence-corrected chi connectivity index (χ1v) is 3.79. The molecule has 1 heterocycles. The number of hydrogen-bond donors (Lipinski definition) is 0. The first kappa shape index (κ1) is 9.11. The van der Waals surface area contributed by atoms with Gasteiger partial charge in [0.25, 0.3) is 0 Å². The molecule has 0 amide bonds. The van der Waals surface area contributed by atoms with Crippen molar-refractivity contribution in [2.75, 3.05) is 0 Å². The second-order valence-corrected chi connectivity index (χ2v) is 2.57. The van der Waals surface area contributed by atoms with Gasteiger partial charge in [-0.05, 0) is 23.3 Å². The maximum atomic E-state index is 9.41. The van der Waals surface area contributed by atoms with E-state index in [1.165, 1.54) is 0 Å². The topological polar surface area (TPSA) is 17.1 Å². The molecular formula is C8H10OS. The molecule has 0 saturated heterocycles. The molecule has 0 bridgehead atoms. The third kappa shape index (κ3) is 7.11. The van der Waals surface area contributed by atoms with Crippen molar-refractivity contribution in [2.45, 2.75) is 6.92 Å². The zero-order valence-electron chi connectivity index (χ0n) is 5.91. The maximum Gasteiger partial charge on any atom is 0.145 e. The Hall–Kier alpha value is -0.890. The normalized spacial score (nSPS) is 7.30. The van der Waals surface area contributed by atoms with Crippen molar-refractivity contribution >= 4 is 17.6 Å². The van der Waals surface area contributed by atoms with Crippen LogP contribution in [0.25, 0.3) is 0 Å².